The monoisotopic (exact) mass is 624 g/mol. The summed E-state index contributed by atoms with van der Waals surface area (Å²) in [4.78, 5) is 19.6. The number of pyridine rings is 1. The highest BCUT2D eigenvalue weighted by Crippen LogP contribution is 2.47. The smallest absolute Gasteiger partial charge is 0.246 e. The van der Waals surface area contributed by atoms with Crippen LogP contribution in [0.3, 0.4) is 0 Å². The van der Waals surface area contributed by atoms with E-state index in [4.69, 9.17) is 19.6 Å². The Labute approximate surface area is 265 Å². The van der Waals surface area contributed by atoms with Crippen LogP contribution in [0.2, 0.25) is 0 Å². The van der Waals surface area contributed by atoms with Gasteiger partial charge in [-0.05, 0) is 61.6 Å². The third-order valence-electron chi connectivity index (χ3n) is 9.06. The fraction of sp³-hybridized carbons (Fsp3) is 0.314. The van der Waals surface area contributed by atoms with Crippen LogP contribution < -0.4 is 4.74 Å². The van der Waals surface area contributed by atoms with Gasteiger partial charge < -0.3 is 14.4 Å². The highest BCUT2D eigenvalue weighted by molar-refractivity contribution is 5.91. The number of nitrogens with zero attached hydrogens (tertiary/aromatic N) is 6. The number of benzene rings is 2. The lowest BCUT2D eigenvalue weighted by atomic mass is 9.90. The molecule has 46 heavy (non-hydrogen) atoms. The standard InChI is InChI=1S/C35H34F2N6O3/c1-5-31(44)42-11-12-43-29(20(42)2)18-27(40-43)35-32(33-26(37)16-23(36)17-30(33)46-14-13-45-4)24-7-6-8-25(24)34(39-35)21-9-10-28-22(15-21)19-38-41(28)3/h5,9-10,15-20H,1,6-8,11-14H2,2-4H3. The third-order valence-corrected chi connectivity index (χ3v) is 9.06. The molecule has 0 fully saturated rings. The first-order valence-electron chi connectivity index (χ1n) is 15.4. The SMILES string of the molecule is C=CC(=O)N1CCn2nc(-c3nc(-c4ccc5c(cnn5C)c4)c4c(c3-c3c(F)cc(F)cc3OCCOC)CCC4)cc2C1C. The van der Waals surface area contributed by atoms with Crippen LogP contribution in [0.15, 0.2) is 55.3 Å². The van der Waals surface area contributed by atoms with E-state index in [-0.39, 0.29) is 36.5 Å². The molecule has 7 rings (SSSR count). The quantitative estimate of drug-likeness (QED) is 0.154. The first-order chi connectivity index (χ1) is 22.3. The molecule has 5 aromatic rings. The van der Waals surface area contributed by atoms with Crippen LogP contribution in [0, 0.1) is 11.6 Å². The van der Waals surface area contributed by atoms with Crippen molar-refractivity contribution in [3.8, 4) is 39.5 Å². The molecule has 1 atom stereocenters. The summed E-state index contributed by atoms with van der Waals surface area (Å²) in [6.07, 6.45) is 5.44. The van der Waals surface area contributed by atoms with Crippen LogP contribution in [0.5, 0.6) is 5.75 Å². The Kier molecular flexibility index (Phi) is 7.64. The van der Waals surface area contributed by atoms with Gasteiger partial charge in [-0.25, -0.2) is 13.8 Å². The number of hydrogen-bond donors (Lipinski definition) is 0. The number of fused-ring (bicyclic) bond motifs is 3. The van der Waals surface area contributed by atoms with E-state index in [2.05, 4.69) is 17.7 Å². The summed E-state index contributed by atoms with van der Waals surface area (Å²) in [5.74, 6) is -1.55. The van der Waals surface area contributed by atoms with E-state index in [1.807, 2.05) is 47.7 Å². The zero-order valence-corrected chi connectivity index (χ0v) is 26.0. The van der Waals surface area contributed by atoms with Crippen molar-refractivity contribution in [3.63, 3.8) is 0 Å². The van der Waals surface area contributed by atoms with Crippen molar-refractivity contribution in [2.24, 2.45) is 7.05 Å². The number of amides is 1. The van der Waals surface area contributed by atoms with Crippen LogP contribution in [-0.2, 0) is 36.0 Å². The molecule has 3 aromatic heterocycles. The summed E-state index contributed by atoms with van der Waals surface area (Å²) in [6, 6.07) is 9.88. The van der Waals surface area contributed by atoms with E-state index in [1.54, 1.807) is 4.90 Å². The van der Waals surface area contributed by atoms with Crippen molar-refractivity contribution in [2.45, 2.75) is 38.8 Å². The first kappa shape index (κ1) is 29.8. The lowest BCUT2D eigenvalue weighted by Gasteiger charge is -2.33. The predicted octanol–water partition coefficient (Wildman–Crippen LogP) is 6.05. The van der Waals surface area contributed by atoms with Gasteiger partial charge in [0.15, 0.2) is 0 Å². The molecule has 236 valence electrons. The topological polar surface area (TPSA) is 87.3 Å². The van der Waals surface area contributed by atoms with Gasteiger partial charge in [-0.1, -0.05) is 12.6 Å². The summed E-state index contributed by atoms with van der Waals surface area (Å²) >= 11 is 0. The second-order valence-electron chi connectivity index (χ2n) is 11.7. The zero-order valence-electron chi connectivity index (χ0n) is 26.0. The minimum absolute atomic E-state index is 0.0799. The normalized spacial score (nSPS) is 15.7. The maximum Gasteiger partial charge on any atom is 0.246 e. The molecule has 1 amide bonds. The Morgan fingerprint density at radius 2 is 1.89 bits per heavy atom. The van der Waals surface area contributed by atoms with Gasteiger partial charge >= 0.3 is 0 Å². The van der Waals surface area contributed by atoms with Crippen molar-refractivity contribution >= 4 is 16.8 Å². The Bertz CT molecular complexity index is 2020. The second-order valence-corrected chi connectivity index (χ2v) is 11.7. The summed E-state index contributed by atoms with van der Waals surface area (Å²) in [5, 5.41) is 10.3. The number of aromatic nitrogens is 5. The Hall–Kier alpha value is -4.90. The molecule has 0 N–H and O–H groups in total. The Morgan fingerprint density at radius 1 is 1.07 bits per heavy atom. The summed E-state index contributed by atoms with van der Waals surface area (Å²) in [5.41, 5.74) is 7.21. The molecule has 0 radical (unpaired) electrons. The van der Waals surface area contributed by atoms with E-state index < -0.39 is 11.6 Å². The molecule has 11 heteroatoms. The number of aryl methyl sites for hydroxylation is 1. The van der Waals surface area contributed by atoms with E-state index in [0.29, 0.717) is 36.5 Å². The van der Waals surface area contributed by atoms with Crippen LogP contribution in [-0.4, -0.2) is 62.2 Å². The maximum absolute atomic E-state index is 16.1. The van der Waals surface area contributed by atoms with Gasteiger partial charge in [0, 0.05) is 49.3 Å². The maximum atomic E-state index is 16.1. The van der Waals surface area contributed by atoms with Crippen molar-refractivity contribution < 1.29 is 23.0 Å². The lowest BCUT2D eigenvalue weighted by Crippen LogP contribution is -2.40. The molecule has 0 saturated heterocycles. The molecule has 4 heterocycles. The number of carbonyl (C=O) groups is 1. The number of hydrogen-bond acceptors (Lipinski definition) is 6. The van der Waals surface area contributed by atoms with E-state index in [0.717, 1.165) is 57.9 Å². The van der Waals surface area contributed by atoms with Crippen LogP contribution in [0.25, 0.3) is 44.7 Å². The van der Waals surface area contributed by atoms with Gasteiger partial charge in [0.25, 0.3) is 0 Å². The summed E-state index contributed by atoms with van der Waals surface area (Å²) in [6.45, 7) is 6.93. The van der Waals surface area contributed by atoms with Gasteiger partial charge in [0.1, 0.15) is 29.7 Å². The molecule has 1 unspecified atom stereocenters. The van der Waals surface area contributed by atoms with Crippen molar-refractivity contribution in [3.05, 3.63) is 83.7 Å². The molecule has 0 spiro atoms. The second kappa shape index (κ2) is 11.8. The average molecular weight is 625 g/mol. The number of methoxy groups -OCH3 is 1. The summed E-state index contributed by atoms with van der Waals surface area (Å²) in [7, 11) is 3.44. The zero-order chi connectivity index (χ0) is 32.1. The summed E-state index contributed by atoms with van der Waals surface area (Å²) < 4.78 is 45.5. The molecule has 2 aliphatic rings. The van der Waals surface area contributed by atoms with Gasteiger partial charge in [-0.15, -0.1) is 0 Å². The van der Waals surface area contributed by atoms with E-state index in [1.165, 1.54) is 19.3 Å². The largest absolute Gasteiger partial charge is 0.490 e. The molecule has 0 saturated carbocycles. The van der Waals surface area contributed by atoms with Gasteiger partial charge in [-0.3, -0.25) is 14.2 Å². The average Bonchev–Trinajstić information content (AvgIpc) is 3.79. The lowest BCUT2D eigenvalue weighted by molar-refractivity contribution is -0.129. The Morgan fingerprint density at radius 3 is 2.70 bits per heavy atom. The molecule has 2 aromatic carbocycles. The van der Waals surface area contributed by atoms with Crippen molar-refractivity contribution in [2.75, 3.05) is 26.9 Å². The fourth-order valence-electron chi connectivity index (χ4n) is 6.84. The molecule has 9 nitrogen and oxygen atoms in total. The predicted molar refractivity (Wildman–Crippen MR) is 170 cm³/mol. The fourth-order valence-corrected chi connectivity index (χ4v) is 6.84. The molecule has 1 aliphatic carbocycles. The van der Waals surface area contributed by atoms with Crippen LogP contribution >= 0.6 is 0 Å². The van der Waals surface area contributed by atoms with E-state index >= 15 is 4.39 Å². The molecular formula is C35H34F2N6O3. The first-order valence-corrected chi connectivity index (χ1v) is 15.4. The number of ether oxygens (including phenoxy) is 2. The van der Waals surface area contributed by atoms with Crippen molar-refractivity contribution in [1.29, 1.82) is 0 Å². The number of halogens is 2. The van der Waals surface area contributed by atoms with Crippen molar-refractivity contribution in [1.82, 2.24) is 29.4 Å². The van der Waals surface area contributed by atoms with Gasteiger partial charge in [0.2, 0.25) is 5.91 Å². The highest BCUT2D eigenvalue weighted by atomic mass is 19.1. The third kappa shape index (κ3) is 4.95. The van der Waals surface area contributed by atoms with Crippen LogP contribution in [0.1, 0.15) is 36.2 Å². The van der Waals surface area contributed by atoms with Gasteiger partial charge in [-0.2, -0.15) is 10.2 Å². The Balaban J connectivity index is 1.48. The minimum atomic E-state index is -0.741. The number of rotatable bonds is 8. The molecular weight excluding hydrogens is 590 g/mol. The number of carbonyl (C=O) groups excluding carboxylic acids is 1. The van der Waals surface area contributed by atoms with Crippen LogP contribution in [0.4, 0.5) is 8.78 Å². The molecule has 1 aliphatic heterocycles. The van der Waals surface area contributed by atoms with Gasteiger partial charge in [0.05, 0.1) is 53.6 Å². The van der Waals surface area contributed by atoms with E-state index in [9.17, 15) is 9.18 Å². The minimum Gasteiger partial charge on any atom is -0.490 e. The molecule has 0 bridgehead atoms. The highest BCUT2D eigenvalue weighted by Gasteiger charge is 2.33.